The van der Waals surface area contributed by atoms with Gasteiger partial charge in [0, 0.05) is 54.8 Å². The molecule has 0 bridgehead atoms. The summed E-state index contributed by atoms with van der Waals surface area (Å²) in [5.41, 5.74) is 1.18. The summed E-state index contributed by atoms with van der Waals surface area (Å²) in [7, 11) is 0. The van der Waals surface area contributed by atoms with Gasteiger partial charge in [0.15, 0.2) is 5.78 Å². The van der Waals surface area contributed by atoms with Crippen molar-refractivity contribution >= 4 is 46.7 Å². The summed E-state index contributed by atoms with van der Waals surface area (Å²) < 4.78 is 11.0. The van der Waals surface area contributed by atoms with E-state index in [1.807, 2.05) is 50.4 Å². The molecule has 0 unspecified atom stereocenters. The van der Waals surface area contributed by atoms with Crippen LogP contribution in [0.15, 0.2) is 54.0 Å². The van der Waals surface area contributed by atoms with Gasteiger partial charge in [0.1, 0.15) is 17.0 Å². The number of hydrogen-bond acceptors (Lipinski definition) is 8. The molecule has 250 valence electrons. The topological polar surface area (TPSA) is 118 Å². The quantitative estimate of drug-likeness (QED) is 0.269. The van der Waals surface area contributed by atoms with Gasteiger partial charge in [-0.05, 0) is 113 Å². The fraction of sp³-hybridized carbons (Fsp3) is 0.472. The SMILES string of the molecule is CC(C)(C)OC(=O)Nc1ccc(-c2cccs2)cc1CC(=O)c1ccc(N2CC3(CCC2=O)CCN(C(=O)OC(C)(C)C)CC3)nc1. The first kappa shape index (κ1) is 34.1. The van der Waals surface area contributed by atoms with Crippen molar-refractivity contribution in [1.82, 2.24) is 9.88 Å². The average molecular weight is 661 g/mol. The number of amides is 3. The first-order valence-electron chi connectivity index (χ1n) is 16.0. The lowest BCUT2D eigenvalue weighted by Crippen LogP contribution is -2.53. The maximum absolute atomic E-state index is 13.5. The second kappa shape index (κ2) is 13.5. The summed E-state index contributed by atoms with van der Waals surface area (Å²) in [4.78, 5) is 60.8. The largest absolute Gasteiger partial charge is 0.444 e. The van der Waals surface area contributed by atoms with Crippen molar-refractivity contribution in [1.29, 1.82) is 0 Å². The number of rotatable bonds is 6. The van der Waals surface area contributed by atoms with Gasteiger partial charge in [-0.2, -0.15) is 0 Å². The van der Waals surface area contributed by atoms with E-state index in [9.17, 15) is 19.2 Å². The number of piperidine rings is 2. The number of ether oxygens (including phenoxy) is 2. The van der Waals surface area contributed by atoms with Crippen LogP contribution in [0, 0.1) is 5.41 Å². The second-order valence-corrected chi connectivity index (χ2v) is 15.4. The highest BCUT2D eigenvalue weighted by Gasteiger charge is 2.43. The van der Waals surface area contributed by atoms with Crippen molar-refractivity contribution < 1.29 is 28.7 Å². The van der Waals surface area contributed by atoms with E-state index in [2.05, 4.69) is 10.3 Å². The van der Waals surface area contributed by atoms with Gasteiger partial charge < -0.3 is 14.4 Å². The molecular formula is C36H44N4O6S. The summed E-state index contributed by atoms with van der Waals surface area (Å²) in [5.74, 6) is 0.336. The van der Waals surface area contributed by atoms with Crippen LogP contribution in [-0.2, 0) is 20.7 Å². The molecule has 4 heterocycles. The van der Waals surface area contributed by atoms with E-state index in [1.165, 1.54) is 6.20 Å². The van der Waals surface area contributed by atoms with Crippen molar-refractivity contribution in [3.63, 3.8) is 0 Å². The predicted octanol–water partition coefficient (Wildman–Crippen LogP) is 7.73. The zero-order valence-corrected chi connectivity index (χ0v) is 28.9. The Morgan fingerprint density at radius 1 is 0.957 bits per heavy atom. The van der Waals surface area contributed by atoms with Crippen molar-refractivity contribution in [3.8, 4) is 10.4 Å². The molecule has 0 radical (unpaired) electrons. The molecule has 1 N–H and O–H groups in total. The van der Waals surface area contributed by atoms with Crippen molar-refractivity contribution in [2.75, 3.05) is 29.9 Å². The Morgan fingerprint density at radius 3 is 2.30 bits per heavy atom. The lowest BCUT2D eigenvalue weighted by atomic mass is 9.72. The van der Waals surface area contributed by atoms with Crippen LogP contribution in [-0.4, -0.2) is 64.6 Å². The van der Waals surface area contributed by atoms with Crippen LogP contribution in [0.5, 0.6) is 0 Å². The number of anilines is 2. The Morgan fingerprint density at radius 2 is 1.68 bits per heavy atom. The normalized spacial score (nSPS) is 16.6. The fourth-order valence-corrected chi connectivity index (χ4v) is 6.70. The number of thiophene rings is 1. The Balaban J connectivity index is 1.28. The third kappa shape index (κ3) is 8.77. The molecule has 2 aliphatic heterocycles. The van der Waals surface area contributed by atoms with Gasteiger partial charge in [-0.15, -0.1) is 11.3 Å². The summed E-state index contributed by atoms with van der Waals surface area (Å²) in [6.07, 6.45) is 3.37. The highest BCUT2D eigenvalue weighted by Crippen LogP contribution is 2.41. The molecule has 0 atom stereocenters. The molecular weight excluding hydrogens is 616 g/mol. The Labute approximate surface area is 280 Å². The second-order valence-electron chi connectivity index (χ2n) is 14.4. The van der Waals surface area contributed by atoms with Crippen LogP contribution in [0.2, 0.25) is 0 Å². The number of nitrogens with zero attached hydrogens (tertiary/aromatic N) is 3. The Kier molecular flexibility index (Phi) is 9.77. The number of likely N-dealkylation sites (tertiary alicyclic amines) is 1. The van der Waals surface area contributed by atoms with Crippen LogP contribution >= 0.6 is 11.3 Å². The summed E-state index contributed by atoms with van der Waals surface area (Å²) in [6.45, 7) is 12.6. The minimum absolute atomic E-state index is 0.0000227. The Bertz CT molecular complexity index is 1610. The molecule has 2 aliphatic rings. The summed E-state index contributed by atoms with van der Waals surface area (Å²) >= 11 is 1.59. The predicted molar refractivity (Wildman–Crippen MR) is 183 cm³/mol. The van der Waals surface area contributed by atoms with E-state index in [0.29, 0.717) is 48.7 Å². The van der Waals surface area contributed by atoms with Crippen LogP contribution in [0.25, 0.3) is 10.4 Å². The van der Waals surface area contributed by atoms with Gasteiger partial charge in [-0.1, -0.05) is 12.1 Å². The van der Waals surface area contributed by atoms with E-state index in [4.69, 9.17) is 9.47 Å². The Hall–Kier alpha value is -4.25. The van der Waals surface area contributed by atoms with Gasteiger partial charge in [0.25, 0.3) is 0 Å². The number of ketones is 1. The van der Waals surface area contributed by atoms with Crippen molar-refractivity contribution in [2.45, 2.75) is 84.8 Å². The van der Waals surface area contributed by atoms with E-state index in [0.717, 1.165) is 29.7 Å². The maximum atomic E-state index is 13.5. The van der Waals surface area contributed by atoms with Crippen LogP contribution in [0.3, 0.4) is 0 Å². The molecule has 1 aromatic carbocycles. The standard InChI is InChI=1S/C36H44N4O6S/c1-34(2,3)45-32(43)38-27-11-9-24(29-8-7-19-47-29)20-26(27)21-28(41)25-10-12-30(37-22-25)40-23-36(14-13-31(40)42)15-17-39(18-16-36)33(44)46-35(4,5)6/h7-12,19-20,22H,13-18,21,23H2,1-6H3,(H,38,43). The van der Waals surface area contributed by atoms with E-state index < -0.39 is 17.3 Å². The number of benzene rings is 1. The molecule has 2 fully saturated rings. The molecule has 3 amide bonds. The minimum atomic E-state index is -0.669. The lowest BCUT2D eigenvalue weighted by Gasteiger charge is -2.47. The number of carbonyl (C=O) groups is 4. The third-order valence-corrected chi connectivity index (χ3v) is 9.30. The van der Waals surface area contributed by atoms with Gasteiger partial charge in [0.2, 0.25) is 5.91 Å². The highest BCUT2D eigenvalue weighted by atomic mass is 32.1. The molecule has 0 aliphatic carbocycles. The fourth-order valence-electron chi connectivity index (χ4n) is 5.97. The van der Waals surface area contributed by atoms with Gasteiger partial charge in [-0.25, -0.2) is 14.6 Å². The van der Waals surface area contributed by atoms with E-state index in [-0.39, 0.29) is 29.6 Å². The molecule has 2 saturated heterocycles. The van der Waals surface area contributed by atoms with Crippen molar-refractivity contribution in [3.05, 3.63) is 65.2 Å². The minimum Gasteiger partial charge on any atom is -0.444 e. The number of hydrogen-bond donors (Lipinski definition) is 1. The van der Waals surface area contributed by atoms with Crippen molar-refractivity contribution in [2.24, 2.45) is 5.41 Å². The van der Waals surface area contributed by atoms with Crippen LogP contribution in [0.1, 0.15) is 83.1 Å². The monoisotopic (exact) mass is 660 g/mol. The van der Waals surface area contributed by atoms with E-state index in [1.54, 1.807) is 60.1 Å². The van der Waals surface area contributed by atoms with Crippen LogP contribution in [0.4, 0.5) is 21.1 Å². The molecule has 10 nitrogen and oxygen atoms in total. The molecule has 2 aromatic heterocycles. The molecule has 11 heteroatoms. The maximum Gasteiger partial charge on any atom is 0.412 e. The van der Waals surface area contributed by atoms with Gasteiger partial charge in [-0.3, -0.25) is 19.8 Å². The smallest absolute Gasteiger partial charge is 0.412 e. The zero-order valence-electron chi connectivity index (χ0n) is 28.1. The number of nitrogens with one attached hydrogen (secondary N) is 1. The molecule has 47 heavy (non-hydrogen) atoms. The molecule has 0 saturated carbocycles. The summed E-state index contributed by atoms with van der Waals surface area (Å²) in [6, 6.07) is 13.0. The van der Waals surface area contributed by atoms with Crippen LogP contribution < -0.4 is 10.2 Å². The zero-order chi connectivity index (χ0) is 34.0. The van der Waals surface area contributed by atoms with Gasteiger partial charge >= 0.3 is 12.2 Å². The molecule has 5 rings (SSSR count). The first-order valence-corrected chi connectivity index (χ1v) is 16.9. The van der Waals surface area contributed by atoms with Gasteiger partial charge in [0.05, 0.1) is 0 Å². The number of aromatic nitrogens is 1. The first-order chi connectivity index (χ1) is 22.1. The van der Waals surface area contributed by atoms with E-state index >= 15 is 0 Å². The highest BCUT2D eigenvalue weighted by molar-refractivity contribution is 7.13. The molecule has 1 spiro atoms. The lowest BCUT2D eigenvalue weighted by molar-refractivity contribution is -0.122. The third-order valence-electron chi connectivity index (χ3n) is 8.38. The average Bonchev–Trinajstić information content (AvgIpc) is 3.53. The number of Topliss-reactive ketones (excluding diaryl/α,β-unsaturated/α-hetero) is 1. The number of pyridine rings is 1. The number of carbonyl (C=O) groups excluding carboxylic acids is 4. The molecule has 3 aromatic rings. The summed E-state index contributed by atoms with van der Waals surface area (Å²) in [5, 5.41) is 4.79.